The minimum absolute atomic E-state index is 0.0126. The Morgan fingerprint density at radius 1 is 0.698 bits per heavy atom. The number of rotatable bonds is 9. The summed E-state index contributed by atoms with van der Waals surface area (Å²) >= 11 is 0. The molecule has 288 valence electrons. The summed E-state index contributed by atoms with van der Waals surface area (Å²) in [7, 11) is 0. The van der Waals surface area contributed by atoms with E-state index in [4.69, 9.17) is 30.1 Å². The predicted octanol–water partition coefficient (Wildman–Crippen LogP) is 1.41. The Morgan fingerprint density at radius 3 is 1.60 bits per heavy atom. The topological polar surface area (TPSA) is 183 Å². The zero-order chi connectivity index (χ0) is 37.2. The fourth-order valence-electron chi connectivity index (χ4n) is 7.04. The third kappa shape index (κ3) is 10.00. The van der Waals surface area contributed by atoms with Crippen LogP contribution in [0.5, 0.6) is 0 Å². The highest BCUT2D eigenvalue weighted by atomic mass is 16.7. The van der Waals surface area contributed by atoms with Crippen molar-refractivity contribution in [2.24, 2.45) is 5.84 Å². The smallest absolute Gasteiger partial charge is 0.345 e. The molecule has 6 saturated heterocycles. The molecule has 6 fully saturated rings. The number of hydrogen-bond acceptors (Lipinski definition) is 11. The quantitative estimate of drug-likeness (QED) is 0.315. The van der Waals surface area contributed by atoms with Gasteiger partial charge in [-0.25, -0.2) is 24.4 Å². The number of benzene rings is 2. The molecule has 2 aromatic carbocycles. The minimum atomic E-state index is -0.943. The summed E-state index contributed by atoms with van der Waals surface area (Å²) in [6, 6.07) is 17.6. The van der Waals surface area contributed by atoms with Crippen molar-refractivity contribution in [3.05, 3.63) is 71.8 Å². The number of fused-ring (bicyclic) bond motifs is 4. The molecule has 4 N–H and O–H groups in total. The molecule has 0 unspecified atom stereocenters. The number of nitrogens with zero attached hydrogens (tertiary/aromatic N) is 6. The van der Waals surface area contributed by atoms with E-state index < -0.39 is 18.1 Å². The van der Waals surface area contributed by atoms with Gasteiger partial charge in [-0.05, 0) is 36.8 Å². The first-order valence-electron chi connectivity index (χ1n) is 18.2. The van der Waals surface area contributed by atoms with Gasteiger partial charge in [-0.2, -0.15) is 10.1 Å². The van der Waals surface area contributed by atoms with Gasteiger partial charge in [0.1, 0.15) is 25.3 Å². The van der Waals surface area contributed by atoms with E-state index in [1.807, 2.05) is 65.7 Å². The number of aliphatic carboxylic acids is 1. The number of nitrogens with one attached hydrogen (secondary N) is 1. The molecular formula is C36H50N8O9. The molecule has 6 aliphatic rings. The molecule has 0 aromatic heterocycles. The predicted molar refractivity (Wildman–Crippen MR) is 189 cm³/mol. The molecule has 0 aliphatic carbocycles. The van der Waals surface area contributed by atoms with Gasteiger partial charge in [0.15, 0.2) is 0 Å². The van der Waals surface area contributed by atoms with Gasteiger partial charge in [-0.1, -0.05) is 60.7 Å². The average Bonchev–Trinajstić information content (AvgIpc) is 3.57. The first-order valence-corrected chi connectivity index (χ1v) is 18.2. The molecule has 0 saturated carbocycles. The maximum Gasteiger partial charge on any atom is 0.345 e. The Hall–Kier alpha value is -4.36. The number of carbonyl (C=O) groups excluding carboxylic acids is 3. The van der Waals surface area contributed by atoms with E-state index in [-0.39, 0.29) is 30.1 Å². The number of urea groups is 2. The Morgan fingerprint density at radius 2 is 1.15 bits per heavy atom. The van der Waals surface area contributed by atoms with Gasteiger partial charge in [0.25, 0.3) is 5.91 Å². The van der Waals surface area contributed by atoms with E-state index in [0.717, 1.165) is 43.9 Å². The van der Waals surface area contributed by atoms with Gasteiger partial charge in [0.05, 0.1) is 38.5 Å². The fourth-order valence-corrected chi connectivity index (χ4v) is 7.04. The normalized spacial score (nSPS) is 25.7. The Kier molecular flexibility index (Phi) is 13.5. The number of hydrogen-bond donors (Lipinski definition) is 3. The highest BCUT2D eigenvalue weighted by Crippen LogP contribution is 2.32. The molecule has 17 heteroatoms. The van der Waals surface area contributed by atoms with Crippen LogP contribution >= 0.6 is 0 Å². The van der Waals surface area contributed by atoms with Crippen LogP contribution in [0, 0.1) is 0 Å². The minimum Gasteiger partial charge on any atom is -0.480 e. The molecule has 4 atom stereocenters. The van der Waals surface area contributed by atoms with Crippen molar-refractivity contribution in [1.82, 2.24) is 35.4 Å². The van der Waals surface area contributed by atoms with E-state index in [9.17, 15) is 19.2 Å². The number of nitrogens with two attached hydrogens (primary N) is 1. The number of hydrazine groups is 2. The van der Waals surface area contributed by atoms with Crippen molar-refractivity contribution < 1.29 is 43.4 Å². The standard InChI is InChI=1S/C18H24N4O4.C14H16N2O4.C4H10N2O/c23-17(19-20-8-10-25-11-9-20)16-7-6-15-12-21(16)18(24)22(15)26-13-14-4-2-1-3-5-14;17-13(18)12-7-6-11-8-15(12)14(19)16(11)20-9-10-4-2-1-3-5-10;5-6-1-3-7-4-2-6/h1-5,15-16H,6-13H2,(H,19,23);1-5,11-12H,6-9H2,(H,17,18);1-5H2/t15-,16+;11-,12+;/m11./s1. The van der Waals surface area contributed by atoms with Crippen molar-refractivity contribution in [2.75, 3.05) is 65.7 Å². The van der Waals surface area contributed by atoms with Crippen LogP contribution in [-0.4, -0.2) is 149 Å². The molecule has 2 aromatic rings. The number of carbonyl (C=O) groups is 4. The maximum absolute atomic E-state index is 12.7. The number of carboxylic acid groups (broad SMARTS) is 1. The van der Waals surface area contributed by atoms with Crippen molar-refractivity contribution >= 4 is 23.9 Å². The van der Waals surface area contributed by atoms with E-state index in [0.29, 0.717) is 71.9 Å². The third-order valence-corrected chi connectivity index (χ3v) is 9.98. The summed E-state index contributed by atoms with van der Waals surface area (Å²) in [5.41, 5.74) is 4.92. The van der Waals surface area contributed by atoms with Gasteiger partial charge in [-0.3, -0.25) is 25.7 Å². The SMILES string of the molecule is NN1CCOCC1.O=C(NN1CCOCC1)[C@@H]1CC[C@@H]2CN1C(=O)N2OCc1ccccc1.O=C(O)[C@@H]1CC[C@@H]2CN1C(=O)N2OCc1ccccc1. The van der Waals surface area contributed by atoms with Gasteiger partial charge >= 0.3 is 18.0 Å². The second kappa shape index (κ2) is 18.6. The monoisotopic (exact) mass is 738 g/mol. The molecule has 17 nitrogen and oxygen atoms in total. The second-order valence-electron chi connectivity index (χ2n) is 13.6. The number of ether oxygens (including phenoxy) is 2. The molecule has 0 radical (unpaired) electrons. The van der Waals surface area contributed by atoms with E-state index in [1.165, 1.54) is 15.0 Å². The lowest BCUT2D eigenvalue weighted by molar-refractivity contribution is -0.143. The van der Waals surface area contributed by atoms with Gasteiger partial charge in [-0.15, -0.1) is 0 Å². The lowest BCUT2D eigenvalue weighted by Crippen LogP contribution is -2.56. The third-order valence-electron chi connectivity index (χ3n) is 9.98. The lowest BCUT2D eigenvalue weighted by atomic mass is 10.0. The summed E-state index contributed by atoms with van der Waals surface area (Å²) < 4.78 is 10.3. The van der Waals surface area contributed by atoms with Crippen molar-refractivity contribution in [3.8, 4) is 0 Å². The average molecular weight is 739 g/mol. The summed E-state index contributed by atoms with van der Waals surface area (Å²) in [6.45, 7) is 7.51. The summed E-state index contributed by atoms with van der Waals surface area (Å²) in [6.07, 6.45) is 2.56. The van der Waals surface area contributed by atoms with Crippen LogP contribution in [0.3, 0.4) is 0 Å². The van der Waals surface area contributed by atoms with Crippen molar-refractivity contribution in [1.29, 1.82) is 0 Å². The molecule has 6 aliphatic heterocycles. The summed E-state index contributed by atoms with van der Waals surface area (Å²) in [5, 5.41) is 15.5. The molecular weight excluding hydrogens is 688 g/mol. The van der Waals surface area contributed by atoms with Gasteiger partial charge < -0.3 is 24.4 Å². The van der Waals surface area contributed by atoms with Crippen molar-refractivity contribution in [2.45, 2.75) is 63.1 Å². The van der Waals surface area contributed by atoms with Crippen LogP contribution in [0.15, 0.2) is 60.7 Å². The van der Waals surface area contributed by atoms with Crippen LogP contribution in [0.2, 0.25) is 0 Å². The van der Waals surface area contributed by atoms with Crippen LogP contribution < -0.4 is 11.3 Å². The number of amides is 5. The highest BCUT2D eigenvalue weighted by molar-refractivity contribution is 5.88. The molecule has 0 spiro atoms. The maximum atomic E-state index is 12.7. The lowest BCUT2D eigenvalue weighted by Gasteiger charge is -2.33. The first-order chi connectivity index (χ1) is 25.8. The fraction of sp³-hybridized carbons (Fsp3) is 0.556. The Labute approximate surface area is 308 Å². The molecule has 53 heavy (non-hydrogen) atoms. The number of carboxylic acids is 1. The summed E-state index contributed by atoms with van der Waals surface area (Å²) in [4.78, 5) is 63.1. The second-order valence-corrected chi connectivity index (χ2v) is 13.6. The Balaban J connectivity index is 0.000000157. The van der Waals surface area contributed by atoms with Crippen LogP contribution in [0.4, 0.5) is 9.59 Å². The van der Waals surface area contributed by atoms with Crippen molar-refractivity contribution in [3.63, 3.8) is 0 Å². The Bertz CT molecular complexity index is 1510. The number of piperidine rings is 2. The van der Waals surface area contributed by atoms with E-state index >= 15 is 0 Å². The molecule has 4 bridgehead atoms. The van der Waals surface area contributed by atoms with E-state index in [1.54, 1.807) is 9.91 Å². The number of morpholine rings is 2. The number of hydroxylamine groups is 4. The van der Waals surface area contributed by atoms with Gasteiger partial charge in [0.2, 0.25) is 0 Å². The summed E-state index contributed by atoms with van der Waals surface area (Å²) in [5.74, 6) is 4.32. The molecule has 6 heterocycles. The highest BCUT2D eigenvalue weighted by Gasteiger charge is 2.49. The largest absolute Gasteiger partial charge is 0.480 e. The van der Waals surface area contributed by atoms with Crippen LogP contribution in [0.25, 0.3) is 0 Å². The first kappa shape index (κ1) is 38.4. The van der Waals surface area contributed by atoms with Gasteiger partial charge in [0, 0.05) is 39.3 Å². The zero-order valence-corrected chi connectivity index (χ0v) is 29.9. The zero-order valence-electron chi connectivity index (χ0n) is 29.9. The van der Waals surface area contributed by atoms with Crippen LogP contribution in [0.1, 0.15) is 36.8 Å². The molecule has 5 amide bonds. The van der Waals surface area contributed by atoms with Crippen LogP contribution in [-0.2, 0) is 42.0 Å². The molecule has 8 rings (SSSR count). The van der Waals surface area contributed by atoms with E-state index in [2.05, 4.69) is 5.43 Å².